The van der Waals surface area contributed by atoms with Crippen molar-refractivity contribution < 1.29 is 24.5 Å². The van der Waals surface area contributed by atoms with E-state index in [0.717, 1.165) is 0 Å². The van der Waals surface area contributed by atoms with E-state index >= 15 is 0 Å². The van der Waals surface area contributed by atoms with Crippen molar-refractivity contribution in [3.63, 3.8) is 0 Å². The molecule has 25 heavy (non-hydrogen) atoms. The van der Waals surface area contributed by atoms with E-state index in [1.165, 1.54) is 4.90 Å². The monoisotopic (exact) mass is 350 g/mol. The first-order valence-electron chi connectivity index (χ1n) is 8.41. The lowest BCUT2D eigenvalue weighted by Crippen LogP contribution is -2.49. The molecule has 1 aromatic rings. The lowest BCUT2D eigenvalue weighted by Gasteiger charge is -2.25. The van der Waals surface area contributed by atoms with Crippen molar-refractivity contribution in [1.82, 2.24) is 10.2 Å². The van der Waals surface area contributed by atoms with Crippen LogP contribution in [0.2, 0.25) is 0 Å². The van der Waals surface area contributed by atoms with Gasteiger partial charge in [0.05, 0.1) is 12.1 Å². The minimum atomic E-state index is -1.04. The van der Waals surface area contributed by atoms with E-state index in [4.69, 9.17) is 9.84 Å². The maximum atomic E-state index is 12.4. The van der Waals surface area contributed by atoms with Crippen LogP contribution in [0.25, 0.3) is 0 Å². The molecule has 1 fully saturated rings. The maximum absolute atomic E-state index is 12.4. The van der Waals surface area contributed by atoms with Crippen LogP contribution < -0.4 is 10.1 Å². The van der Waals surface area contributed by atoms with Crippen LogP contribution in [0.4, 0.5) is 4.79 Å². The number of amides is 2. The normalized spacial score (nSPS) is 21.4. The van der Waals surface area contributed by atoms with Gasteiger partial charge >= 0.3 is 6.09 Å². The number of hydrogen-bond acceptors (Lipinski definition) is 4. The van der Waals surface area contributed by atoms with Crippen molar-refractivity contribution >= 4 is 12.0 Å². The van der Waals surface area contributed by atoms with E-state index in [1.54, 1.807) is 24.3 Å². The van der Waals surface area contributed by atoms with Gasteiger partial charge in [0, 0.05) is 18.7 Å². The summed E-state index contributed by atoms with van der Waals surface area (Å²) in [6.07, 6.45) is -0.792. The summed E-state index contributed by atoms with van der Waals surface area (Å²) < 4.78 is 5.72. The van der Waals surface area contributed by atoms with Crippen molar-refractivity contribution in [3.05, 3.63) is 29.8 Å². The largest absolute Gasteiger partial charge is 0.488 e. The Kier molecular flexibility index (Phi) is 5.89. The molecule has 1 saturated heterocycles. The fraction of sp³-hybridized carbons (Fsp3) is 0.556. The molecule has 0 radical (unpaired) electrons. The molecule has 7 nitrogen and oxygen atoms in total. The topological polar surface area (TPSA) is 99.1 Å². The average molecular weight is 350 g/mol. The first-order valence-corrected chi connectivity index (χ1v) is 8.41. The molecule has 7 heteroatoms. The van der Waals surface area contributed by atoms with Gasteiger partial charge in [-0.25, -0.2) is 4.79 Å². The first kappa shape index (κ1) is 19.1. The number of rotatable bonds is 3. The predicted molar refractivity (Wildman–Crippen MR) is 92.9 cm³/mol. The van der Waals surface area contributed by atoms with Crippen LogP contribution in [-0.2, 0) is 0 Å². The van der Waals surface area contributed by atoms with Gasteiger partial charge < -0.3 is 25.2 Å². The van der Waals surface area contributed by atoms with Gasteiger partial charge in [-0.3, -0.25) is 4.79 Å². The highest BCUT2D eigenvalue weighted by Crippen LogP contribution is 2.19. The van der Waals surface area contributed by atoms with E-state index in [1.807, 2.05) is 20.8 Å². The molecule has 0 spiro atoms. The fourth-order valence-electron chi connectivity index (χ4n) is 2.74. The lowest BCUT2D eigenvalue weighted by molar-refractivity contribution is 0.0792. The third kappa shape index (κ3) is 5.63. The number of carbonyl (C=O) groups is 2. The van der Waals surface area contributed by atoms with Gasteiger partial charge in [-0.2, -0.15) is 0 Å². The van der Waals surface area contributed by atoms with Crippen LogP contribution in [-0.4, -0.2) is 57.9 Å². The van der Waals surface area contributed by atoms with Crippen LogP contribution in [0.15, 0.2) is 24.3 Å². The third-order valence-electron chi connectivity index (χ3n) is 3.94. The van der Waals surface area contributed by atoms with Crippen LogP contribution in [0.3, 0.4) is 0 Å². The summed E-state index contributed by atoms with van der Waals surface area (Å²) in [4.78, 5) is 24.8. The second-order valence-corrected chi connectivity index (χ2v) is 7.26. The van der Waals surface area contributed by atoms with E-state index in [9.17, 15) is 14.7 Å². The molecule has 1 aromatic carbocycles. The second kappa shape index (κ2) is 7.74. The van der Waals surface area contributed by atoms with Gasteiger partial charge in [0.15, 0.2) is 0 Å². The third-order valence-corrected chi connectivity index (χ3v) is 3.94. The molecular weight excluding hydrogens is 324 g/mol. The number of benzene rings is 1. The van der Waals surface area contributed by atoms with Gasteiger partial charge in [-0.1, -0.05) is 0 Å². The standard InChI is InChI=1S/C18H26N2O5/c1-18(2,3)25-13-8-6-12(7-9-13)16(22)19-14-11-20(17(23)24)10-4-5-15(14)21/h6-9,14-15,21H,4-5,10-11H2,1-3H3,(H,19,22)(H,23,24)/t14-,15-/m1/s1. The molecule has 1 heterocycles. The maximum Gasteiger partial charge on any atom is 0.407 e. The Morgan fingerprint density at radius 2 is 1.88 bits per heavy atom. The smallest absolute Gasteiger partial charge is 0.407 e. The minimum Gasteiger partial charge on any atom is -0.488 e. The molecule has 3 N–H and O–H groups in total. The number of aliphatic hydroxyl groups excluding tert-OH is 1. The fourth-order valence-corrected chi connectivity index (χ4v) is 2.74. The molecule has 2 rings (SSSR count). The molecule has 0 bridgehead atoms. The Morgan fingerprint density at radius 1 is 1.24 bits per heavy atom. The predicted octanol–water partition coefficient (Wildman–Crippen LogP) is 2.10. The summed E-state index contributed by atoms with van der Waals surface area (Å²) in [7, 11) is 0. The molecule has 1 aliphatic rings. The Hall–Kier alpha value is -2.28. The highest BCUT2D eigenvalue weighted by atomic mass is 16.5. The highest BCUT2D eigenvalue weighted by molar-refractivity contribution is 5.94. The molecule has 2 amide bonds. The van der Waals surface area contributed by atoms with E-state index in [-0.39, 0.29) is 18.1 Å². The number of carboxylic acid groups (broad SMARTS) is 1. The Labute approximate surface area is 147 Å². The lowest BCUT2D eigenvalue weighted by atomic mass is 10.1. The van der Waals surface area contributed by atoms with Gasteiger partial charge in [0.1, 0.15) is 11.4 Å². The summed E-state index contributed by atoms with van der Waals surface area (Å²) in [6, 6.07) is 6.10. The van der Waals surface area contributed by atoms with Crippen molar-refractivity contribution in [3.8, 4) is 5.75 Å². The molecule has 138 valence electrons. The number of hydrogen-bond donors (Lipinski definition) is 3. The first-order chi connectivity index (χ1) is 11.7. The van der Waals surface area contributed by atoms with Crippen molar-refractivity contribution in [2.45, 2.75) is 51.4 Å². The average Bonchev–Trinajstić information content (AvgIpc) is 2.69. The zero-order valence-corrected chi connectivity index (χ0v) is 14.9. The number of nitrogens with one attached hydrogen (secondary N) is 1. The van der Waals surface area contributed by atoms with Crippen LogP contribution in [0.1, 0.15) is 44.0 Å². The molecule has 2 atom stereocenters. The summed E-state index contributed by atoms with van der Waals surface area (Å²) >= 11 is 0. The SMILES string of the molecule is CC(C)(C)Oc1ccc(C(=O)N[C@@H]2CN(C(=O)O)CCC[C@H]2O)cc1. The van der Waals surface area contributed by atoms with Crippen molar-refractivity contribution in [1.29, 1.82) is 0 Å². The Balaban J connectivity index is 2.03. The van der Waals surface area contributed by atoms with E-state index in [2.05, 4.69) is 5.32 Å². The quantitative estimate of drug-likeness (QED) is 0.775. The number of likely N-dealkylation sites (tertiary alicyclic amines) is 1. The van der Waals surface area contributed by atoms with Crippen molar-refractivity contribution in [2.24, 2.45) is 0 Å². The zero-order valence-electron chi connectivity index (χ0n) is 14.9. The summed E-state index contributed by atoms with van der Waals surface area (Å²) in [6.45, 7) is 6.25. The van der Waals surface area contributed by atoms with Crippen LogP contribution in [0, 0.1) is 0 Å². The summed E-state index contributed by atoms with van der Waals surface area (Å²) in [5.74, 6) is 0.314. The number of carbonyl (C=O) groups excluding carboxylic acids is 1. The molecule has 0 aromatic heterocycles. The minimum absolute atomic E-state index is 0.0768. The summed E-state index contributed by atoms with van der Waals surface area (Å²) in [5, 5.41) is 22.1. The molecule has 0 unspecified atom stereocenters. The van der Waals surface area contributed by atoms with Crippen LogP contribution >= 0.6 is 0 Å². The molecule has 1 aliphatic heterocycles. The number of aliphatic hydroxyl groups is 1. The van der Waals surface area contributed by atoms with Gasteiger partial charge in [-0.15, -0.1) is 0 Å². The zero-order chi connectivity index (χ0) is 18.6. The van der Waals surface area contributed by atoms with E-state index < -0.39 is 18.2 Å². The highest BCUT2D eigenvalue weighted by Gasteiger charge is 2.29. The molecule has 0 saturated carbocycles. The molecule has 0 aliphatic carbocycles. The van der Waals surface area contributed by atoms with Gasteiger partial charge in [0.25, 0.3) is 5.91 Å². The summed E-state index contributed by atoms with van der Waals surface area (Å²) in [5.41, 5.74) is 0.105. The number of nitrogens with zero attached hydrogens (tertiary/aromatic N) is 1. The van der Waals surface area contributed by atoms with Gasteiger partial charge in [0.2, 0.25) is 0 Å². The molecular formula is C18H26N2O5. The Morgan fingerprint density at radius 3 is 2.44 bits per heavy atom. The second-order valence-electron chi connectivity index (χ2n) is 7.26. The van der Waals surface area contributed by atoms with Gasteiger partial charge in [-0.05, 0) is 57.9 Å². The number of ether oxygens (including phenoxy) is 1. The van der Waals surface area contributed by atoms with Crippen LogP contribution in [0.5, 0.6) is 5.75 Å². The Bertz CT molecular complexity index is 609. The van der Waals surface area contributed by atoms with Crippen molar-refractivity contribution in [2.75, 3.05) is 13.1 Å². The van der Waals surface area contributed by atoms with E-state index in [0.29, 0.717) is 30.7 Å².